The summed E-state index contributed by atoms with van der Waals surface area (Å²) in [7, 11) is 1.60. The van der Waals surface area contributed by atoms with E-state index in [1.165, 1.54) is 0 Å². The summed E-state index contributed by atoms with van der Waals surface area (Å²) in [5.41, 5.74) is 2.36. The van der Waals surface area contributed by atoms with Gasteiger partial charge < -0.3 is 9.47 Å². The predicted octanol–water partition coefficient (Wildman–Crippen LogP) is 3.19. The highest BCUT2D eigenvalue weighted by molar-refractivity contribution is 5.91. The van der Waals surface area contributed by atoms with Crippen LogP contribution in [0.25, 0.3) is 0 Å². The Labute approximate surface area is 112 Å². The average molecular weight is 256 g/mol. The molecule has 2 aromatic rings. The molecular formula is C16H16O3. The van der Waals surface area contributed by atoms with Crippen LogP contribution < -0.4 is 0 Å². The highest BCUT2D eigenvalue weighted by Crippen LogP contribution is 2.12. The van der Waals surface area contributed by atoms with E-state index in [0.717, 1.165) is 11.1 Å². The van der Waals surface area contributed by atoms with Crippen molar-refractivity contribution >= 4 is 5.97 Å². The summed E-state index contributed by atoms with van der Waals surface area (Å²) in [6, 6.07) is 16.9. The Morgan fingerprint density at radius 3 is 2.37 bits per heavy atom. The third-order valence-corrected chi connectivity index (χ3v) is 2.75. The molecule has 0 fully saturated rings. The summed E-state index contributed by atoms with van der Waals surface area (Å²) in [6.07, 6.45) is 0. The Hall–Kier alpha value is -2.13. The molecule has 0 aromatic heterocycles. The van der Waals surface area contributed by atoms with Gasteiger partial charge in [-0.3, -0.25) is 0 Å². The summed E-state index contributed by atoms with van der Waals surface area (Å²) in [5, 5.41) is 0. The van der Waals surface area contributed by atoms with Crippen molar-refractivity contribution in [3.8, 4) is 0 Å². The lowest BCUT2D eigenvalue weighted by Gasteiger charge is -2.09. The van der Waals surface area contributed by atoms with Crippen LogP contribution in [-0.4, -0.2) is 13.1 Å². The van der Waals surface area contributed by atoms with Crippen molar-refractivity contribution in [3.63, 3.8) is 0 Å². The SMILES string of the molecule is COCc1ccccc1C(=O)OCc1ccccc1. The van der Waals surface area contributed by atoms with E-state index in [4.69, 9.17) is 9.47 Å². The van der Waals surface area contributed by atoms with Crippen molar-refractivity contribution in [2.45, 2.75) is 13.2 Å². The number of methoxy groups -OCH3 is 1. The fraction of sp³-hybridized carbons (Fsp3) is 0.188. The first-order chi connectivity index (χ1) is 9.31. The molecule has 2 aromatic carbocycles. The third-order valence-electron chi connectivity index (χ3n) is 2.75. The molecule has 0 saturated carbocycles. The van der Waals surface area contributed by atoms with Gasteiger partial charge in [0, 0.05) is 7.11 Å². The summed E-state index contributed by atoms with van der Waals surface area (Å²) in [4.78, 5) is 12.0. The number of rotatable bonds is 5. The van der Waals surface area contributed by atoms with Gasteiger partial charge in [-0.15, -0.1) is 0 Å². The number of carbonyl (C=O) groups is 1. The maximum atomic E-state index is 12.0. The molecule has 0 aliphatic heterocycles. The van der Waals surface area contributed by atoms with Crippen LogP contribution >= 0.6 is 0 Å². The summed E-state index contributed by atoms with van der Waals surface area (Å²) >= 11 is 0. The molecule has 0 bridgehead atoms. The van der Waals surface area contributed by atoms with Crippen LogP contribution in [0.5, 0.6) is 0 Å². The lowest BCUT2D eigenvalue weighted by atomic mass is 10.1. The molecule has 0 unspecified atom stereocenters. The highest BCUT2D eigenvalue weighted by atomic mass is 16.5. The Balaban J connectivity index is 2.04. The van der Waals surface area contributed by atoms with Gasteiger partial charge in [0.1, 0.15) is 6.61 Å². The number of esters is 1. The molecule has 3 heteroatoms. The smallest absolute Gasteiger partial charge is 0.338 e. The van der Waals surface area contributed by atoms with Crippen molar-refractivity contribution in [1.29, 1.82) is 0 Å². The van der Waals surface area contributed by atoms with Gasteiger partial charge in [0.15, 0.2) is 0 Å². The quantitative estimate of drug-likeness (QED) is 0.771. The molecule has 0 N–H and O–H groups in total. The zero-order valence-electron chi connectivity index (χ0n) is 10.8. The number of benzene rings is 2. The van der Waals surface area contributed by atoms with Gasteiger partial charge in [0.2, 0.25) is 0 Å². The second kappa shape index (κ2) is 6.71. The lowest BCUT2D eigenvalue weighted by molar-refractivity contribution is 0.0468. The molecule has 3 nitrogen and oxygen atoms in total. The molecule has 98 valence electrons. The number of hydrogen-bond donors (Lipinski definition) is 0. The standard InChI is InChI=1S/C16H16O3/c1-18-12-14-9-5-6-10-15(14)16(17)19-11-13-7-3-2-4-8-13/h2-10H,11-12H2,1H3. The van der Waals surface area contributed by atoms with E-state index in [9.17, 15) is 4.79 Å². The Bertz CT molecular complexity index is 535. The van der Waals surface area contributed by atoms with E-state index in [-0.39, 0.29) is 12.6 Å². The lowest BCUT2D eigenvalue weighted by Crippen LogP contribution is -2.08. The van der Waals surface area contributed by atoms with Crippen LogP contribution in [0.3, 0.4) is 0 Å². The molecule has 0 heterocycles. The zero-order chi connectivity index (χ0) is 13.5. The van der Waals surface area contributed by atoms with E-state index >= 15 is 0 Å². The van der Waals surface area contributed by atoms with Gasteiger partial charge in [-0.25, -0.2) is 4.79 Å². The fourth-order valence-electron chi connectivity index (χ4n) is 1.80. The van der Waals surface area contributed by atoms with Crippen LogP contribution in [0.15, 0.2) is 54.6 Å². The summed E-state index contributed by atoms with van der Waals surface area (Å²) < 4.78 is 10.4. The highest BCUT2D eigenvalue weighted by Gasteiger charge is 2.12. The molecule has 0 aliphatic carbocycles. The van der Waals surface area contributed by atoms with E-state index in [2.05, 4.69) is 0 Å². The molecule has 19 heavy (non-hydrogen) atoms. The molecule has 0 saturated heterocycles. The van der Waals surface area contributed by atoms with Gasteiger partial charge in [-0.05, 0) is 17.2 Å². The van der Waals surface area contributed by atoms with Crippen molar-refractivity contribution in [3.05, 3.63) is 71.3 Å². The van der Waals surface area contributed by atoms with Crippen molar-refractivity contribution in [2.75, 3.05) is 7.11 Å². The topological polar surface area (TPSA) is 35.5 Å². The van der Waals surface area contributed by atoms with Crippen LogP contribution in [0.1, 0.15) is 21.5 Å². The Morgan fingerprint density at radius 1 is 0.947 bits per heavy atom. The first-order valence-corrected chi connectivity index (χ1v) is 6.09. The monoisotopic (exact) mass is 256 g/mol. The van der Waals surface area contributed by atoms with Crippen LogP contribution in [0.4, 0.5) is 0 Å². The van der Waals surface area contributed by atoms with Crippen LogP contribution in [0, 0.1) is 0 Å². The van der Waals surface area contributed by atoms with Gasteiger partial charge in [-0.1, -0.05) is 48.5 Å². The van der Waals surface area contributed by atoms with Gasteiger partial charge in [0.05, 0.1) is 12.2 Å². The van der Waals surface area contributed by atoms with E-state index < -0.39 is 0 Å². The summed E-state index contributed by atoms with van der Waals surface area (Å²) in [6.45, 7) is 0.678. The van der Waals surface area contributed by atoms with Crippen molar-refractivity contribution in [1.82, 2.24) is 0 Å². The second-order valence-corrected chi connectivity index (χ2v) is 4.15. The first kappa shape index (κ1) is 13.3. The average Bonchev–Trinajstić information content (AvgIpc) is 2.47. The van der Waals surface area contributed by atoms with Gasteiger partial charge in [0.25, 0.3) is 0 Å². The zero-order valence-corrected chi connectivity index (χ0v) is 10.8. The summed E-state index contributed by atoms with van der Waals surface area (Å²) in [5.74, 6) is -0.323. The van der Waals surface area contributed by atoms with E-state index in [1.807, 2.05) is 48.5 Å². The fourth-order valence-corrected chi connectivity index (χ4v) is 1.80. The minimum Gasteiger partial charge on any atom is -0.457 e. The minimum atomic E-state index is -0.323. The van der Waals surface area contributed by atoms with Crippen LogP contribution in [0.2, 0.25) is 0 Å². The Morgan fingerprint density at radius 2 is 1.63 bits per heavy atom. The molecule has 2 rings (SSSR count). The van der Waals surface area contributed by atoms with Crippen LogP contribution in [-0.2, 0) is 22.7 Å². The molecule has 0 atom stereocenters. The molecule has 0 amide bonds. The molecule has 0 spiro atoms. The van der Waals surface area contributed by atoms with Crippen molar-refractivity contribution < 1.29 is 14.3 Å². The third kappa shape index (κ3) is 3.66. The normalized spacial score (nSPS) is 10.2. The van der Waals surface area contributed by atoms with Gasteiger partial charge in [-0.2, -0.15) is 0 Å². The molecular weight excluding hydrogens is 240 g/mol. The largest absolute Gasteiger partial charge is 0.457 e. The predicted molar refractivity (Wildman–Crippen MR) is 72.7 cm³/mol. The molecule has 0 aliphatic rings. The number of ether oxygens (including phenoxy) is 2. The second-order valence-electron chi connectivity index (χ2n) is 4.15. The first-order valence-electron chi connectivity index (χ1n) is 6.09. The van der Waals surface area contributed by atoms with E-state index in [1.54, 1.807) is 13.2 Å². The maximum absolute atomic E-state index is 12.0. The molecule has 0 radical (unpaired) electrons. The number of carbonyl (C=O) groups excluding carboxylic acids is 1. The minimum absolute atomic E-state index is 0.279. The number of hydrogen-bond acceptors (Lipinski definition) is 3. The van der Waals surface area contributed by atoms with E-state index in [0.29, 0.717) is 12.2 Å². The Kier molecular flexibility index (Phi) is 4.70. The van der Waals surface area contributed by atoms with Crippen molar-refractivity contribution in [2.24, 2.45) is 0 Å². The maximum Gasteiger partial charge on any atom is 0.338 e. The van der Waals surface area contributed by atoms with Gasteiger partial charge >= 0.3 is 5.97 Å².